The second kappa shape index (κ2) is 5.41. The molecular weight excluding hydrogens is 124 g/mol. The van der Waals surface area contributed by atoms with E-state index in [-0.39, 0.29) is 0 Å². The molecule has 8 heavy (non-hydrogen) atoms. The highest BCUT2D eigenvalue weighted by atomic mass is 32.1. The van der Waals surface area contributed by atoms with Crippen molar-refractivity contribution in [3.8, 4) is 0 Å². The van der Waals surface area contributed by atoms with Crippen LogP contribution in [-0.4, -0.2) is 30.2 Å². The molecule has 0 rings (SSSR count). The molecular formula is C5H12O2S. The number of aliphatic hydroxyl groups is 1. The molecule has 0 aromatic rings. The second-order valence-electron chi connectivity index (χ2n) is 1.50. The summed E-state index contributed by atoms with van der Waals surface area (Å²) in [4.78, 5) is 0. The van der Waals surface area contributed by atoms with Crippen LogP contribution in [0.4, 0.5) is 0 Å². The molecule has 0 unspecified atom stereocenters. The molecule has 0 bridgehead atoms. The lowest BCUT2D eigenvalue weighted by molar-refractivity contribution is 0.0553. The third-order valence-corrected chi connectivity index (χ3v) is 1.15. The molecule has 0 heterocycles. The number of thiol groups is 1. The average Bonchev–Trinajstić information content (AvgIpc) is 1.83. The predicted octanol–water partition coefficient (Wildman–Crippen LogP) is 0.314. The van der Waals surface area contributed by atoms with E-state index in [9.17, 15) is 0 Å². The van der Waals surface area contributed by atoms with Crippen LogP contribution in [0.1, 0.15) is 6.92 Å². The summed E-state index contributed by atoms with van der Waals surface area (Å²) in [5.74, 6) is 0.472. The molecule has 3 heteroatoms. The second-order valence-corrected chi connectivity index (χ2v) is 1.86. The largest absolute Gasteiger partial charge is 0.390 e. The van der Waals surface area contributed by atoms with Gasteiger partial charge in [0.25, 0.3) is 0 Å². The van der Waals surface area contributed by atoms with E-state index in [0.717, 1.165) is 0 Å². The first-order valence-electron chi connectivity index (χ1n) is 2.68. The summed E-state index contributed by atoms with van der Waals surface area (Å²) in [5, 5.41) is 8.79. The number of ether oxygens (including phenoxy) is 1. The highest BCUT2D eigenvalue weighted by Gasteiger charge is 1.97. The van der Waals surface area contributed by atoms with Crippen molar-refractivity contribution in [2.45, 2.75) is 13.0 Å². The van der Waals surface area contributed by atoms with Crippen molar-refractivity contribution in [1.29, 1.82) is 0 Å². The van der Waals surface area contributed by atoms with Crippen molar-refractivity contribution in [1.82, 2.24) is 0 Å². The summed E-state index contributed by atoms with van der Waals surface area (Å²) in [6.45, 7) is 2.95. The summed E-state index contributed by atoms with van der Waals surface area (Å²) in [5.41, 5.74) is 0. The first-order valence-corrected chi connectivity index (χ1v) is 3.31. The minimum atomic E-state index is -0.404. The topological polar surface area (TPSA) is 29.5 Å². The lowest BCUT2D eigenvalue weighted by Gasteiger charge is -2.04. The van der Waals surface area contributed by atoms with Gasteiger partial charge < -0.3 is 9.84 Å². The van der Waals surface area contributed by atoms with E-state index in [2.05, 4.69) is 12.6 Å². The summed E-state index contributed by atoms with van der Waals surface area (Å²) < 4.78 is 4.89. The molecule has 1 atom stereocenters. The van der Waals surface area contributed by atoms with Crippen molar-refractivity contribution >= 4 is 12.6 Å². The van der Waals surface area contributed by atoms with E-state index in [1.807, 2.05) is 6.92 Å². The molecule has 0 aromatic heterocycles. The molecule has 2 nitrogen and oxygen atoms in total. The van der Waals surface area contributed by atoms with Gasteiger partial charge >= 0.3 is 0 Å². The Morgan fingerprint density at radius 3 is 2.75 bits per heavy atom. The van der Waals surface area contributed by atoms with Gasteiger partial charge in [-0.25, -0.2) is 0 Å². The summed E-state index contributed by atoms with van der Waals surface area (Å²) in [7, 11) is 0. The summed E-state index contributed by atoms with van der Waals surface area (Å²) >= 11 is 3.86. The van der Waals surface area contributed by atoms with Crippen molar-refractivity contribution in [3.63, 3.8) is 0 Å². The fourth-order valence-corrected chi connectivity index (χ4v) is 0.412. The van der Waals surface area contributed by atoms with E-state index in [4.69, 9.17) is 9.84 Å². The van der Waals surface area contributed by atoms with Gasteiger partial charge in [0, 0.05) is 12.4 Å². The monoisotopic (exact) mass is 136 g/mol. The van der Waals surface area contributed by atoms with Crippen LogP contribution in [0.3, 0.4) is 0 Å². The maximum atomic E-state index is 8.79. The lowest BCUT2D eigenvalue weighted by Crippen LogP contribution is -2.16. The highest BCUT2D eigenvalue weighted by molar-refractivity contribution is 7.80. The molecule has 0 amide bonds. The first-order chi connectivity index (χ1) is 3.81. The summed E-state index contributed by atoms with van der Waals surface area (Å²) in [6, 6.07) is 0. The lowest BCUT2D eigenvalue weighted by atomic mass is 10.4. The Hall–Kier alpha value is 0.270. The van der Waals surface area contributed by atoms with Gasteiger partial charge in [-0.3, -0.25) is 0 Å². The van der Waals surface area contributed by atoms with E-state index in [1.165, 1.54) is 0 Å². The van der Waals surface area contributed by atoms with Crippen LogP contribution in [0.15, 0.2) is 0 Å². The smallest absolute Gasteiger partial charge is 0.0861 e. The van der Waals surface area contributed by atoms with E-state index >= 15 is 0 Å². The maximum absolute atomic E-state index is 8.79. The van der Waals surface area contributed by atoms with E-state index < -0.39 is 6.10 Å². The van der Waals surface area contributed by atoms with Crippen LogP contribution in [0.2, 0.25) is 0 Å². The Morgan fingerprint density at radius 2 is 2.38 bits per heavy atom. The molecule has 0 spiro atoms. The van der Waals surface area contributed by atoms with Crippen LogP contribution in [0, 0.1) is 0 Å². The van der Waals surface area contributed by atoms with Gasteiger partial charge in [0.2, 0.25) is 0 Å². The normalized spacial score (nSPS) is 13.9. The third kappa shape index (κ3) is 4.43. The fraction of sp³-hybridized carbons (Fsp3) is 1.00. The zero-order valence-electron chi connectivity index (χ0n) is 5.00. The molecule has 0 aliphatic rings. The van der Waals surface area contributed by atoms with Gasteiger partial charge in [0.05, 0.1) is 12.7 Å². The van der Waals surface area contributed by atoms with Crippen molar-refractivity contribution < 1.29 is 9.84 Å². The average molecular weight is 136 g/mol. The Morgan fingerprint density at radius 1 is 1.75 bits per heavy atom. The highest BCUT2D eigenvalue weighted by Crippen LogP contribution is 1.86. The van der Waals surface area contributed by atoms with Crippen LogP contribution in [0.25, 0.3) is 0 Å². The summed E-state index contributed by atoms with van der Waals surface area (Å²) in [6.07, 6.45) is -0.404. The Balaban J connectivity index is 2.86. The zero-order valence-corrected chi connectivity index (χ0v) is 5.90. The van der Waals surface area contributed by atoms with Crippen molar-refractivity contribution in [3.05, 3.63) is 0 Å². The van der Waals surface area contributed by atoms with Gasteiger partial charge in [0.1, 0.15) is 0 Å². The van der Waals surface area contributed by atoms with Gasteiger partial charge in [-0.15, -0.1) is 0 Å². The molecule has 0 aliphatic carbocycles. The molecule has 50 valence electrons. The van der Waals surface area contributed by atoms with E-state index in [0.29, 0.717) is 19.0 Å². The van der Waals surface area contributed by atoms with Gasteiger partial charge in [-0.2, -0.15) is 12.6 Å². The van der Waals surface area contributed by atoms with Crippen molar-refractivity contribution in [2.75, 3.05) is 19.0 Å². The quantitative estimate of drug-likeness (QED) is 0.545. The Labute approximate surface area is 55.3 Å². The standard InChI is InChI=1S/C5H12O2S/c1-2-7-3-5(6)4-8/h5-6,8H,2-4H2,1H3/t5-/m1/s1. The number of aliphatic hydroxyl groups excluding tert-OH is 1. The Bertz CT molecular complexity index is 49.7. The minimum Gasteiger partial charge on any atom is -0.390 e. The van der Waals surface area contributed by atoms with Gasteiger partial charge in [-0.1, -0.05) is 0 Å². The number of rotatable bonds is 4. The third-order valence-electron chi connectivity index (χ3n) is 0.725. The Kier molecular flexibility index (Phi) is 5.59. The number of hydrogen-bond donors (Lipinski definition) is 2. The zero-order chi connectivity index (χ0) is 6.41. The van der Waals surface area contributed by atoms with E-state index in [1.54, 1.807) is 0 Å². The first kappa shape index (κ1) is 8.27. The minimum absolute atomic E-state index is 0.403. The molecule has 0 radical (unpaired) electrons. The predicted molar refractivity (Wildman–Crippen MR) is 36.4 cm³/mol. The molecule has 0 saturated carbocycles. The van der Waals surface area contributed by atoms with Crippen LogP contribution < -0.4 is 0 Å². The van der Waals surface area contributed by atoms with Crippen LogP contribution in [0.5, 0.6) is 0 Å². The molecule has 1 N–H and O–H groups in total. The molecule has 0 saturated heterocycles. The van der Waals surface area contributed by atoms with Gasteiger partial charge in [0.15, 0.2) is 0 Å². The molecule has 0 aliphatic heterocycles. The fourth-order valence-electron chi connectivity index (χ4n) is 0.307. The van der Waals surface area contributed by atoms with Gasteiger partial charge in [-0.05, 0) is 6.92 Å². The number of hydrogen-bond acceptors (Lipinski definition) is 3. The molecule has 0 aromatic carbocycles. The maximum Gasteiger partial charge on any atom is 0.0861 e. The molecule has 0 fully saturated rings. The van der Waals surface area contributed by atoms with Crippen LogP contribution >= 0.6 is 12.6 Å². The van der Waals surface area contributed by atoms with Crippen molar-refractivity contribution in [2.24, 2.45) is 0 Å². The SMILES string of the molecule is CCOC[C@@H](O)CS. The van der Waals surface area contributed by atoms with Crippen LogP contribution in [-0.2, 0) is 4.74 Å².